The lowest BCUT2D eigenvalue weighted by Gasteiger charge is -2.21. The van der Waals surface area contributed by atoms with E-state index in [0.29, 0.717) is 0 Å². The molecule has 0 heterocycles. The summed E-state index contributed by atoms with van der Waals surface area (Å²) in [5, 5.41) is 0. The van der Waals surface area contributed by atoms with Crippen LogP contribution in [0.4, 0.5) is 0 Å². The Balaban J connectivity index is 4.02. The highest BCUT2D eigenvalue weighted by Crippen LogP contribution is 2.49. The van der Waals surface area contributed by atoms with Crippen LogP contribution in [0.2, 0.25) is 0 Å². The predicted molar refractivity (Wildman–Crippen MR) is 46.8 cm³/mol. The second kappa shape index (κ2) is 2.93. The second-order valence-electron chi connectivity index (χ2n) is 1.04. The van der Waals surface area contributed by atoms with E-state index in [9.17, 15) is 0 Å². The molecule has 0 aromatic heterocycles. The van der Waals surface area contributed by atoms with Crippen molar-refractivity contribution >= 4 is 75.0 Å². The average molecular weight is 279 g/mol. The van der Waals surface area contributed by atoms with Gasteiger partial charge in [0.1, 0.15) is 0 Å². The highest BCUT2D eigenvalue weighted by molar-refractivity contribution is 9.12. The van der Waals surface area contributed by atoms with Crippen molar-refractivity contribution in [1.29, 1.82) is 0 Å². The SMILES string of the molecule is SC(Cl)(Br)C(Cl)(Cl)Cl. The molecule has 0 radical (unpaired) electrons. The highest BCUT2D eigenvalue weighted by Gasteiger charge is 2.41. The fraction of sp³-hybridized carbons (Fsp3) is 1.00. The predicted octanol–water partition coefficient (Wildman–Crippen LogP) is 3.57. The largest absolute Gasteiger partial charge is 0.228 e. The molecule has 0 saturated carbocycles. The summed E-state index contributed by atoms with van der Waals surface area (Å²) in [4.78, 5) is 0. The van der Waals surface area contributed by atoms with Crippen LogP contribution in [-0.2, 0) is 0 Å². The Hall–Kier alpha value is 1.99. The van der Waals surface area contributed by atoms with Crippen molar-refractivity contribution in [3.63, 3.8) is 0 Å². The quantitative estimate of drug-likeness (QED) is 0.508. The molecule has 50 valence electrons. The van der Waals surface area contributed by atoms with E-state index in [4.69, 9.17) is 46.4 Å². The number of hydrogen-bond acceptors (Lipinski definition) is 1. The molecule has 1 unspecified atom stereocenters. The molecule has 0 aliphatic rings. The van der Waals surface area contributed by atoms with E-state index in [1.54, 1.807) is 0 Å². The fourth-order valence-corrected chi connectivity index (χ4v) is 0. The van der Waals surface area contributed by atoms with Crippen molar-refractivity contribution in [2.45, 2.75) is 6.91 Å². The molecule has 0 spiro atoms. The highest BCUT2D eigenvalue weighted by atomic mass is 79.9. The van der Waals surface area contributed by atoms with Crippen LogP contribution in [0.1, 0.15) is 0 Å². The van der Waals surface area contributed by atoms with Gasteiger partial charge in [0, 0.05) is 0 Å². The van der Waals surface area contributed by atoms with Gasteiger partial charge in [0.15, 0.2) is 3.12 Å². The third kappa shape index (κ3) is 3.23. The van der Waals surface area contributed by atoms with Gasteiger partial charge in [-0.05, 0) is 0 Å². The number of alkyl halides is 5. The van der Waals surface area contributed by atoms with E-state index in [1.165, 1.54) is 0 Å². The smallest absolute Gasteiger partial charge is 0.141 e. The molecule has 0 rings (SSSR count). The Morgan fingerprint density at radius 2 is 1.25 bits per heavy atom. The summed E-state index contributed by atoms with van der Waals surface area (Å²) in [7, 11) is 0. The summed E-state index contributed by atoms with van der Waals surface area (Å²) in [6.07, 6.45) is 0. The maximum absolute atomic E-state index is 5.39. The van der Waals surface area contributed by atoms with Crippen molar-refractivity contribution < 1.29 is 0 Å². The summed E-state index contributed by atoms with van der Waals surface area (Å²) in [6.45, 7) is 0. The maximum atomic E-state index is 5.39. The number of halogens is 5. The first-order chi connectivity index (χ1) is 3.25. The van der Waals surface area contributed by atoms with Gasteiger partial charge >= 0.3 is 0 Å². The van der Waals surface area contributed by atoms with Gasteiger partial charge in [0.05, 0.1) is 0 Å². The fourth-order valence-electron chi connectivity index (χ4n) is 0. The van der Waals surface area contributed by atoms with Crippen LogP contribution in [-0.4, -0.2) is 6.91 Å². The van der Waals surface area contributed by atoms with Gasteiger partial charge in [0.2, 0.25) is 3.79 Å². The van der Waals surface area contributed by atoms with Gasteiger partial charge in [0.25, 0.3) is 0 Å². The zero-order valence-electron chi connectivity index (χ0n) is 3.34. The lowest BCUT2D eigenvalue weighted by Crippen LogP contribution is -2.23. The van der Waals surface area contributed by atoms with Crippen LogP contribution in [0.25, 0.3) is 0 Å². The lowest BCUT2D eigenvalue weighted by molar-refractivity contribution is 1.16. The molecule has 0 nitrogen and oxygen atoms in total. The Bertz CT molecular complexity index is 69.0. The molecule has 1 atom stereocenters. The van der Waals surface area contributed by atoms with E-state index in [-0.39, 0.29) is 0 Å². The third-order valence-electron chi connectivity index (χ3n) is 0.341. The molecule has 0 N–H and O–H groups in total. The minimum absolute atomic E-state index is 1.29. The molecular formula is C2HBrCl4S. The van der Waals surface area contributed by atoms with Crippen molar-refractivity contribution in [2.75, 3.05) is 0 Å². The summed E-state index contributed by atoms with van der Waals surface area (Å²) in [6, 6.07) is 0. The molecule has 8 heavy (non-hydrogen) atoms. The number of thiol groups is 1. The van der Waals surface area contributed by atoms with Crippen LogP contribution in [0.5, 0.6) is 0 Å². The van der Waals surface area contributed by atoms with E-state index in [1.807, 2.05) is 0 Å². The molecule has 0 aromatic carbocycles. The standard InChI is InChI=1S/C2HBrCl4S/c3-1(4,8)2(5,6)7/h8H. The van der Waals surface area contributed by atoms with Crippen LogP contribution < -0.4 is 0 Å². The summed E-state index contributed by atoms with van der Waals surface area (Å²) < 4.78 is -2.89. The van der Waals surface area contributed by atoms with Crippen LogP contribution in [0, 0.1) is 0 Å². The Morgan fingerprint density at radius 3 is 1.25 bits per heavy atom. The topological polar surface area (TPSA) is 0 Å². The van der Waals surface area contributed by atoms with Crippen molar-refractivity contribution in [2.24, 2.45) is 0 Å². The molecule has 0 fully saturated rings. The molecule has 0 bridgehead atoms. The van der Waals surface area contributed by atoms with E-state index >= 15 is 0 Å². The van der Waals surface area contributed by atoms with Crippen molar-refractivity contribution in [3.05, 3.63) is 0 Å². The molecule has 0 saturated heterocycles. The molecule has 0 aliphatic heterocycles. The molecule has 6 heteroatoms. The van der Waals surface area contributed by atoms with Gasteiger partial charge < -0.3 is 0 Å². The maximum Gasteiger partial charge on any atom is 0.228 e. The van der Waals surface area contributed by atoms with Gasteiger partial charge in [-0.2, -0.15) is 0 Å². The second-order valence-corrected chi connectivity index (χ2v) is 7.08. The van der Waals surface area contributed by atoms with Gasteiger partial charge in [-0.25, -0.2) is 0 Å². The van der Waals surface area contributed by atoms with Crippen molar-refractivity contribution in [1.82, 2.24) is 0 Å². The summed E-state index contributed by atoms with van der Waals surface area (Å²) >= 11 is 27.8. The minimum Gasteiger partial charge on any atom is -0.141 e. The monoisotopic (exact) mass is 276 g/mol. The average Bonchev–Trinajstić information content (AvgIpc) is 1.25. The van der Waals surface area contributed by atoms with Crippen LogP contribution in [0.15, 0.2) is 0 Å². The van der Waals surface area contributed by atoms with E-state index in [2.05, 4.69) is 28.6 Å². The first-order valence-corrected chi connectivity index (χ1v) is 4.17. The minimum atomic E-state index is -1.60. The molecule has 0 aliphatic carbocycles. The van der Waals surface area contributed by atoms with E-state index in [0.717, 1.165) is 0 Å². The normalized spacial score (nSPS) is 20.2. The summed E-state index contributed by atoms with van der Waals surface area (Å²) in [5.74, 6) is 0. The number of hydrogen-bond donors (Lipinski definition) is 1. The van der Waals surface area contributed by atoms with Gasteiger partial charge in [-0.15, -0.1) is 12.6 Å². The first kappa shape index (κ1) is 9.99. The van der Waals surface area contributed by atoms with Gasteiger partial charge in [-0.3, -0.25) is 0 Å². The lowest BCUT2D eigenvalue weighted by atomic mass is 10.9. The molecule has 0 amide bonds. The van der Waals surface area contributed by atoms with Crippen LogP contribution >= 0.6 is 75.0 Å². The Morgan fingerprint density at radius 1 is 1.12 bits per heavy atom. The Labute approximate surface area is 81.3 Å². The van der Waals surface area contributed by atoms with Gasteiger partial charge in [-0.1, -0.05) is 62.3 Å². The third-order valence-corrected chi connectivity index (χ3v) is 3.78. The number of rotatable bonds is 0. The Kier molecular flexibility index (Phi) is 3.66. The van der Waals surface area contributed by atoms with Crippen LogP contribution in [0.3, 0.4) is 0 Å². The zero-order chi connectivity index (χ0) is 7.00. The molecular weight excluding hydrogens is 278 g/mol. The van der Waals surface area contributed by atoms with Crippen molar-refractivity contribution in [3.8, 4) is 0 Å². The molecule has 0 aromatic rings. The zero-order valence-corrected chi connectivity index (χ0v) is 8.84. The first-order valence-electron chi connectivity index (χ1n) is 1.42. The van der Waals surface area contributed by atoms with E-state index < -0.39 is 6.91 Å². The summed E-state index contributed by atoms with van der Waals surface area (Å²) in [5.41, 5.74) is 0.